The Bertz CT molecular complexity index is 892. The van der Waals surface area contributed by atoms with Gasteiger partial charge < -0.3 is 14.4 Å². The van der Waals surface area contributed by atoms with Crippen molar-refractivity contribution in [1.82, 2.24) is 4.90 Å². The average molecular weight is 678 g/mol. The number of ether oxygens (including phenoxy) is 2. The van der Waals surface area contributed by atoms with E-state index in [2.05, 4.69) is 99.6 Å². The first-order valence-electron chi connectivity index (χ1n) is 20.8. The summed E-state index contributed by atoms with van der Waals surface area (Å²) in [7, 11) is 4.27. The SMILES string of the molecule is CCCCC/C=C\C/C=C\CCCCCCCCOc1cc(CCN(C)C)cc(OCCCCCCCC/C=C\C/C=C\CCCCC)c1. The van der Waals surface area contributed by atoms with Crippen LogP contribution in [0.4, 0.5) is 0 Å². The highest BCUT2D eigenvalue weighted by Crippen LogP contribution is 2.24. The van der Waals surface area contributed by atoms with Crippen LogP contribution in [0.2, 0.25) is 0 Å². The summed E-state index contributed by atoms with van der Waals surface area (Å²) in [6.45, 7) is 7.14. The molecule has 1 aromatic rings. The number of likely N-dealkylation sites (N-methyl/N-ethyl adjacent to an activating group) is 1. The second-order valence-electron chi connectivity index (χ2n) is 14.2. The highest BCUT2D eigenvalue weighted by Gasteiger charge is 2.05. The number of hydrogen-bond donors (Lipinski definition) is 0. The summed E-state index contributed by atoms with van der Waals surface area (Å²) in [5.74, 6) is 1.93. The van der Waals surface area contributed by atoms with Crippen LogP contribution in [0.25, 0.3) is 0 Å². The van der Waals surface area contributed by atoms with Crippen molar-refractivity contribution in [1.29, 1.82) is 0 Å². The lowest BCUT2D eigenvalue weighted by Gasteiger charge is -2.14. The second kappa shape index (κ2) is 35.6. The van der Waals surface area contributed by atoms with Gasteiger partial charge >= 0.3 is 0 Å². The predicted molar refractivity (Wildman–Crippen MR) is 218 cm³/mol. The second-order valence-corrected chi connectivity index (χ2v) is 14.2. The molecule has 0 amide bonds. The zero-order valence-corrected chi connectivity index (χ0v) is 32.9. The molecule has 0 unspecified atom stereocenters. The topological polar surface area (TPSA) is 21.7 Å². The molecule has 0 aliphatic carbocycles. The largest absolute Gasteiger partial charge is 0.493 e. The Morgan fingerprint density at radius 2 is 0.816 bits per heavy atom. The van der Waals surface area contributed by atoms with E-state index in [-0.39, 0.29) is 0 Å². The minimum absolute atomic E-state index is 0.789. The Hall–Kier alpha value is -2.26. The molecule has 0 radical (unpaired) electrons. The summed E-state index contributed by atoms with van der Waals surface area (Å²) in [5.41, 5.74) is 1.30. The molecule has 0 heterocycles. The highest BCUT2D eigenvalue weighted by atomic mass is 16.5. The van der Waals surface area contributed by atoms with Crippen molar-refractivity contribution in [2.45, 2.75) is 174 Å². The van der Waals surface area contributed by atoms with Gasteiger partial charge in [0.25, 0.3) is 0 Å². The normalized spacial score (nSPS) is 12.2. The number of allylic oxidation sites excluding steroid dienone is 8. The lowest BCUT2D eigenvalue weighted by molar-refractivity contribution is 0.289. The van der Waals surface area contributed by atoms with Crippen LogP contribution in [0, 0.1) is 0 Å². The van der Waals surface area contributed by atoms with Gasteiger partial charge in [-0.15, -0.1) is 0 Å². The minimum atomic E-state index is 0.789. The van der Waals surface area contributed by atoms with Crippen LogP contribution in [-0.4, -0.2) is 38.8 Å². The molecule has 49 heavy (non-hydrogen) atoms. The molecule has 0 N–H and O–H groups in total. The first-order chi connectivity index (χ1) is 24.2. The Morgan fingerprint density at radius 1 is 0.449 bits per heavy atom. The fourth-order valence-electron chi connectivity index (χ4n) is 5.85. The summed E-state index contributed by atoms with van der Waals surface area (Å²) in [6, 6.07) is 6.53. The molecule has 0 bridgehead atoms. The number of hydrogen-bond acceptors (Lipinski definition) is 3. The molecule has 3 nitrogen and oxygen atoms in total. The van der Waals surface area contributed by atoms with Crippen molar-refractivity contribution in [2.24, 2.45) is 0 Å². The summed E-state index contributed by atoms with van der Waals surface area (Å²) in [4.78, 5) is 2.24. The van der Waals surface area contributed by atoms with Gasteiger partial charge in [0.05, 0.1) is 13.2 Å². The first-order valence-corrected chi connectivity index (χ1v) is 20.8. The number of nitrogens with zero attached hydrogens (tertiary/aromatic N) is 1. The van der Waals surface area contributed by atoms with Crippen molar-refractivity contribution in [2.75, 3.05) is 33.9 Å². The fourth-order valence-corrected chi connectivity index (χ4v) is 5.85. The molecule has 0 saturated carbocycles. The van der Waals surface area contributed by atoms with E-state index in [1.165, 1.54) is 134 Å². The summed E-state index contributed by atoms with van der Waals surface area (Å²) in [5, 5.41) is 0. The highest BCUT2D eigenvalue weighted by molar-refractivity contribution is 5.38. The first kappa shape index (κ1) is 44.8. The van der Waals surface area contributed by atoms with Gasteiger partial charge in [-0.25, -0.2) is 0 Å². The third-order valence-corrected chi connectivity index (χ3v) is 9.01. The molecule has 0 saturated heterocycles. The van der Waals surface area contributed by atoms with Crippen molar-refractivity contribution >= 4 is 0 Å². The number of rotatable bonds is 35. The van der Waals surface area contributed by atoms with Crippen molar-refractivity contribution in [3.05, 3.63) is 72.4 Å². The summed E-state index contributed by atoms with van der Waals surface area (Å²) < 4.78 is 12.5. The molecule has 280 valence electrons. The Kier molecular flexibility index (Phi) is 32.5. The van der Waals surface area contributed by atoms with Crippen LogP contribution in [0.1, 0.15) is 174 Å². The maximum Gasteiger partial charge on any atom is 0.123 e. The van der Waals surface area contributed by atoms with E-state index in [0.29, 0.717) is 0 Å². The van der Waals surface area contributed by atoms with E-state index in [4.69, 9.17) is 9.47 Å². The standard InChI is InChI=1S/C46H79NO2/c1-5-7-9-11-13-15-17-19-21-23-25-27-29-31-33-35-39-48-45-41-44(37-38-47(3)4)42-46(43-45)49-40-36-34-32-30-28-26-24-22-20-18-16-14-12-10-8-6-2/h13-16,19-22,41-43H,5-12,17-18,23-40H2,1-4H3/b15-13-,16-14-,21-19-,22-20-. The van der Waals surface area contributed by atoms with Gasteiger partial charge in [-0.3, -0.25) is 0 Å². The zero-order chi connectivity index (χ0) is 35.3. The third kappa shape index (κ3) is 31.5. The van der Waals surface area contributed by atoms with Gasteiger partial charge in [-0.05, 0) is 115 Å². The zero-order valence-electron chi connectivity index (χ0n) is 32.9. The molecule has 0 atom stereocenters. The molecule has 0 fully saturated rings. The van der Waals surface area contributed by atoms with Gasteiger partial charge in [0.15, 0.2) is 0 Å². The Morgan fingerprint density at radius 3 is 1.20 bits per heavy atom. The van der Waals surface area contributed by atoms with Crippen LogP contribution in [-0.2, 0) is 6.42 Å². The molecule has 0 aromatic heterocycles. The van der Waals surface area contributed by atoms with Crippen LogP contribution in [0.5, 0.6) is 11.5 Å². The summed E-state index contributed by atoms with van der Waals surface area (Å²) in [6.07, 6.45) is 50.1. The lowest BCUT2D eigenvalue weighted by atomic mass is 10.1. The van der Waals surface area contributed by atoms with E-state index in [1.54, 1.807) is 0 Å². The van der Waals surface area contributed by atoms with E-state index >= 15 is 0 Å². The fraction of sp³-hybridized carbons (Fsp3) is 0.696. The van der Waals surface area contributed by atoms with Gasteiger partial charge in [0.1, 0.15) is 11.5 Å². The lowest BCUT2D eigenvalue weighted by Crippen LogP contribution is -2.15. The monoisotopic (exact) mass is 678 g/mol. The predicted octanol–water partition coefficient (Wildman–Crippen LogP) is 14.2. The number of unbranched alkanes of at least 4 members (excludes halogenated alkanes) is 18. The Balaban J connectivity index is 2.16. The van der Waals surface area contributed by atoms with Crippen molar-refractivity contribution in [3.8, 4) is 11.5 Å². The molecular weight excluding hydrogens is 599 g/mol. The smallest absolute Gasteiger partial charge is 0.123 e. The minimum Gasteiger partial charge on any atom is -0.493 e. The van der Waals surface area contributed by atoms with Gasteiger partial charge in [0, 0.05) is 12.6 Å². The molecule has 1 rings (SSSR count). The molecular formula is C46H79NO2. The van der Waals surface area contributed by atoms with E-state index in [9.17, 15) is 0 Å². The average Bonchev–Trinajstić information content (AvgIpc) is 3.10. The van der Waals surface area contributed by atoms with Crippen LogP contribution in [0.15, 0.2) is 66.8 Å². The van der Waals surface area contributed by atoms with E-state index in [1.807, 2.05) is 0 Å². The van der Waals surface area contributed by atoms with Gasteiger partial charge in [-0.2, -0.15) is 0 Å². The maximum atomic E-state index is 6.23. The molecule has 0 aliphatic rings. The third-order valence-electron chi connectivity index (χ3n) is 9.01. The molecule has 1 aromatic carbocycles. The van der Waals surface area contributed by atoms with Crippen molar-refractivity contribution < 1.29 is 9.47 Å². The van der Waals surface area contributed by atoms with Gasteiger partial charge in [0.2, 0.25) is 0 Å². The van der Waals surface area contributed by atoms with E-state index in [0.717, 1.165) is 63.4 Å². The summed E-state index contributed by atoms with van der Waals surface area (Å²) >= 11 is 0. The van der Waals surface area contributed by atoms with E-state index < -0.39 is 0 Å². The number of benzene rings is 1. The molecule has 3 heteroatoms. The van der Waals surface area contributed by atoms with Gasteiger partial charge in [-0.1, -0.05) is 140 Å². The maximum absolute atomic E-state index is 6.23. The van der Waals surface area contributed by atoms with Crippen molar-refractivity contribution in [3.63, 3.8) is 0 Å². The Labute approximate surface area is 305 Å². The molecule has 0 aliphatic heterocycles. The van der Waals surface area contributed by atoms with Crippen LogP contribution >= 0.6 is 0 Å². The molecule has 0 spiro atoms. The quantitative estimate of drug-likeness (QED) is 0.0527. The van der Waals surface area contributed by atoms with Crippen LogP contribution < -0.4 is 9.47 Å². The van der Waals surface area contributed by atoms with Crippen LogP contribution in [0.3, 0.4) is 0 Å².